The number of benzene rings is 2. The number of carboxylic acid groups (broad SMARTS) is 1. The Morgan fingerprint density at radius 1 is 0.930 bits per heavy atom. The molecule has 0 saturated heterocycles. The Morgan fingerprint density at radius 2 is 1.63 bits per heavy atom. The Labute approximate surface area is 258 Å². The van der Waals surface area contributed by atoms with Gasteiger partial charge in [0.15, 0.2) is 0 Å². The third-order valence-electron chi connectivity index (χ3n) is 8.65. The minimum atomic E-state index is -1.06. The van der Waals surface area contributed by atoms with Crippen LogP contribution < -0.4 is 10.1 Å². The fraction of sp³-hybridized carbons (Fsp3) is 0.417. The van der Waals surface area contributed by atoms with Gasteiger partial charge in [0.2, 0.25) is 0 Å². The smallest absolute Gasteiger partial charge is 0.326 e. The van der Waals surface area contributed by atoms with Crippen LogP contribution >= 0.6 is 11.3 Å². The zero-order valence-electron chi connectivity index (χ0n) is 25.7. The van der Waals surface area contributed by atoms with Crippen LogP contribution in [0.25, 0.3) is 10.8 Å². The first-order chi connectivity index (χ1) is 20.6. The van der Waals surface area contributed by atoms with E-state index in [1.54, 1.807) is 17.4 Å². The molecule has 0 spiro atoms. The SMILES string of the molecule is CC(C)c1ccc(Oc2ccc3cc(C(=O)NC(Cc4ccc(C(C)C)s4)C(=O)O)nc([C@@H](C)C4CCCC4)c3c2)cc1. The molecule has 1 aliphatic carbocycles. The Morgan fingerprint density at radius 3 is 2.26 bits per heavy atom. The first kappa shape index (κ1) is 30.7. The van der Waals surface area contributed by atoms with Crippen LogP contribution in [0.5, 0.6) is 11.5 Å². The van der Waals surface area contributed by atoms with Crippen molar-refractivity contribution in [1.82, 2.24) is 10.3 Å². The number of carbonyl (C=O) groups excluding carboxylic acids is 1. The molecule has 2 heterocycles. The van der Waals surface area contributed by atoms with E-state index < -0.39 is 17.9 Å². The van der Waals surface area contributed by atoms with Crippen LogP contribution in [0.3, 0.4) is 0 Å². The Kier molecular flexibility index (Phi) is 9.50. The molecule has 2 aromatic heterocycles. The standard InChI is InChI=1S/C36H42N2O4S/c1-21(2)24-10-13-27(14-11-24)42-28-15-12-26-18-31(37-34(30(26)19-28)23(5)25-8-6-7-9-25)35(39)38-32(36(40)41)20-29-16-17-33(43-29)22(3)4/h10-19,21-23,25,32H,6-9,20H2,1-5H3,(H,38,39)(H,40,41)/t23-,32?/m0/s1. The third kappa shape index (κ3) is 7.27. The van der Waals surface area contributed by atoms with Crippen molar-refractivity contribution in [3.05, 3.63) is 87.4 Å². The van der Waals surface area contributed by atoms with Crippen molar-refractivity contribution in [2.24, 2.45) is 5.92 Å². The highest BCUT2D eigenvalue weighted by atomic mass is 32.1. The van der Waals surface area contributed by atoms with Gasteiger partial charge in [0.1, 0.15) is 23.2 Å². The van der Waals surface area contributed by atoms with E-state index in [2.05, 4.69) is 52.1 Å². The van der Waals surface area contributed by atoms with E-state index in [1.807, 2.05) is 42.5 Å². The molecule has 6 nitrogen and oxygen atoms in total. The molecule has 226 valence electrons. The monoisotopic (exact) mass is 598 g/mol. The molecule has 7 heteroatoms. The molecule has 1 unspecified atom stereocenters. The quantitative estimate of drug-likeness (QED) is 0.180. The van der Waals surface area contributed by atoms with Crippen LogP contribution in [-0.2, 0) is 11.2 Å². The summed E-state index contributed by atoms with van der Waals surface area (Å²) < 4.78 is 6.24. The highest BCUT2D eigenvalue weighted by Gasteiger charge is 2.28. The molecule has 1 aliphatic rings. The number of nitrogens with one attached hydrogen (secondary N) is 1. The molecule has 2 atom stereocenters. The Balaban J connectivity index is 1.44. The van der Waals surface area contributed by atoms with E-state index in [0.29, 0.717) is 23.5 Å². The van der Waals surface area contributed by atoms with Crippen LogP contribution in [0, 0.1) is 5.92 Å². The number of aromatic nitrogens is 1. The summed E-state index contributed by atoms with van der Waals surface area (Å²) in [7, 11) is 0. The van der Waals surface area contributed by atoms with Gasteiger partial charge in [-0.25, -0.2) is 9.78 Å². The summed E-state index contributed by atoms with van der Waals surface area (Å²) in [5.41, 5.74) is 2.36. The van der Waals surface area contributed by atoms with Crippen molar-refractivity contribution in [3.63, 3.8) is 0 Å². The predicted octanol–water partition coefficient (Wildman–Crippen LogP) is 9.05. The number of amides is 1. The summed E-state index contributed by atoms with van der Waals surface area (Å²) >= 11 is 1.59. The van der Waals surface area contributed by atoms with E-state index in [0.717, 1.165) is 39.9 Å². The molecule has 2 N–H and O–H groups in total. The van der Waals surface area contributed by atoms with Gasteiger partial charge in [-0.15, -0.1) is 11.3 Å². The molecule has 43 heavy (non-hydrogen) atoms. The van der Waals surface area contributed by atoms with E-state index >= 15 is 0 Å². The molecule has 0 radical (unpaired) electrons. The number of pyridine rings is 1. The van der Waals surface area contributed by atoms with Gasteiger partial charge in [0.05, 0.1) is 5.69 Å². The number of fused-ring (bicyclic) bond motifs is 1. The van der Waals surface area contributed by atoms with E-state index in [1.165, 1.54) is 23.3 Å². The average Bonchev–Trinajstić information content (AvgIpc) is 3.69. The second-order valence-electron chi connectivity index (χ2n) is 12.5. The molecule has 0 aliphatic heterocycles. The fourth-order valence-corrected chi connectivity index (χ4v) is 7.03. The normalized spacial score (nSPS) is 15.2. The molecule has 1 fully saturated rings. The van der Waals surface area contributed by atoms with Gasteiger partial charge in [-0.1, -0.05) is 65.7 Å². The second kappa shape index (κ2) is 13.3. The second-order valence-corrected chi connectivity index (χ2v) is 13.7. The lowest BCUT2D eigenvalue weighted by atomic mass is 9.87. The number of rotatable bonds is 11. The molecule has 0 bridgehead atoms. The molecular weight excluding hydrogens is 556 g/mol. The maximum absolute atomic E-state index is 13.5. The van der Waals surface area contributed by atoms with Gasteiger partial charge in [-0.2, -0.15) is 0 Å². The number of carboxylic acids is 1. The third-order valence-corrected chi connectivity index (χ3v) is 10.1. The Bertz CT molecular complexity index is 1580. The number of hydrogen-bond acceptors (Lipinski definition) is 5. The van der Waals surface area contributed by atoms with Crippen molar-refractivity contribution in [3.8, 4) is 11.5 Å². The van der Waals surface area contributed by atoms with Crippen LogP contribution in [0.2, 0.25) is 0 Å². The number of aliphatic carboxylic acids is 1. The van der Waals surface area contributed by atoms with Gasteiger partial charge < -0.3 is 15.2 Å². The van der Waals surface area contributed by atoms with E-state index in [9.17, 15) is 14.7 Å². The van der Waals surface area contributed by atoms with Crippen LogP contribution in [0.15, 0.2) is 60.7 Å². The number of thiophene rings is 1. The lowest BCUT2D eigenvalue weighted by Crippen LogP contribution is -2.42. The summed E-state index contributed by atoms with van der Waals surface area (Å²) in [5.74, 6) is 1.41. The van der Waals surface area contributed by atoms with Crippen molar-refractivity contribution in [2.45, 2.75) is 90.5 Å². The van der Waals surface area contributed by atoms with Gasteiger partial charge in [-0.05, 0) is 84.0 Å². The summed E-state index contributed by atoms with van der Waals surface area (Å²) in [6, 6.07) is 18.8. The highest BCUT2D eigenvalue weighted by Crippen LogP contribution is 2.40. The molecule has 1 amide bonds. The molecule has 2 aromatic carbocycles. The Hall–Kier alpha value is -3.71. The number of ether oxygens (including phenoxy) is 1. The van der Waals surface area contributed by atoms with Crippen LogP contribution in [-0.4, -0.2) is 28.0 Å². The van der Waals surface area contributed by atoms with Crippen molar-refractivity contribution in [2.75, 3.05) is 0 Å². The van der Waals surface area contributed by atoms with Crippen molar-refractivity contribution < 1.29 is 19.4 Å². The molecule has 4 aromatic rings. The minimum Gasteiger partial charge on any atom is -0.480 e. The van der Waals surface area contributed by atoms with Gasteiger partial charge in [0.25, 0.3) is 5.91 Å². The van der Waals surface area contributed by atoms with Gasteiger partial charge in [0, 0.05) is 27.5 Å². The highest BCUT2D eigenvalue weighted by molar-refractivity contribution is 7.12. The first-order valence-corrected chi connectivity index (χ1v) is 16.3. The van der Waals surface area contributed by atoms with Crippen molar-refractivity contribution in [1.29, 1.82) is 0 Å². The molecule has 1 saturated carbocycles. The maximum Gasteiger partial charge on any atom is 0.326 e. The fourth-order valence-electron chi connectivity index (χ4n) is 5.97. The summed E-state index contributed by atoms with van der Waals surface area (Å²) in [6.07, 6.45) is 4.92. The topological polar surface area (TPSA) is 88.5 Å². The van der Waals surface area contributed by atoms with E-state index in [4.69, 9.17) is 9.72 Å². The lowest BCUT2D eigenvalue weighted by Gasteiger charge is -2.22. The average molecular weight is 599 g/mol. The van der Waals surface area contributed by atoms with Gasteiger partial charge in [-0.3, -0.25) is 4.79 Å². The zero-order valence-corrected chi connectivity index (χ0v) is 26.5. The van der Waals surface area contributed by atoms with Gasteiger partial charge >= 0.3 is 5.97 Å². The molecular formula is C36H42N2O4S. The number of hydrogen-bond donors (Lipinski definition) is 2. The summed E-state index contributed by atoms with van der Waals surface area (Å²) in [5, 5.41) is 14.6. The molecule has 5 rings (SSSR count). The van der Waals surface area contributed by atoms with E-state index in [-0.39, 0.29) is 18.0 Å². The largest absolute Gasteiger partial charge is 0.480 e. The van der Waals surface area contributed by atoms with Crippen molar-refractivity contribution >= 4 is 34.0 Å². The summed E-state index contributed by atoms with van der Waals surface area (Å²) in [6.45, 7) is 10.8. The number of carbonyl (C=O) groups is 2. The first-order valence-electron chi connectivity index (χ1n) is 15.4. The van der Waals surface area contributed by atoms with Crippen LogP contribution in [0.1, 0.15) is 110 Å². The van der Waals surface area contributed by atoms with Crippen LogP contribution in [0.4, 0.5) is 0 Å². The summed E-state index contributed by atoms with van der Waals surface area (Å²) in [4.78, 5) is 32.7. The predicted molar refractivity (Wildman–Crippen MR) is 174 cm³/mol. The number of nitrogens with zero attached hydrogens (tertiary/aromatic N) is 1. The minimum absolute atomic E-state index is 0.147. The maximum atomic E-state index is 13.5. The lowest BCUT2D eigenvalue weighted by molar-refractivity contribution is -0.139. The zero-order chi connectivity index (χ0) is 30.7.